The lowest BCUT2D eigenvalue weighted by Crippen LogP contribution is -2.33. The lowest BCUT2D eigenvalue weighted by molar-refractivity contribution is 0.484. The number of hydrogen-bond acceptors (Lipinski definition) is 4. The van der Waals surface area contributed by atoms with Crippen molar-refractivity contribution in [2.24, 2.45) is 0 Å². The van der Waals surface area contributed by atoms with E-state index in [0.717, 1.165) is 38.2 Å². The van der Waals surface area contributed by atoms with Crippen molar-refractivity contribution in [1.29, 1.82) is 0 Å². The lowest BCUT2D eigenvalue weighted by Gasteiger charge is -2.17. The normalized spacial score (nSPS) is 12.7. The minimum absolute atomic E-state index is 0.434. The van der Waals surface area contributed by atoms with E-state index < -0.39 is 0 Å². The van der Waals surface area contributed by atoms with Crippen molar-refractivity contribution in [2.75, 3.05) is 6.54 Å². The second-order valence-electron chi connectivity index (χ2n) is 4.64. The summed E-state index contributed by atoms with van der Waals surface area (Å²) in [6.07, 6.45) is 4.75. The summed E-state index contributed by atoms with van der Waals surface area (Å²) in [6, 6.07) is 4.75. The van der Waals surface area contributed by atoms with Crippen LogP contribution >= 0.6 is 11.3 Å². The zero-order valence-electron chi connectivity index (χ0n) is 11.7. The fraction of sp³-hybridized carbons (Fsp3) is 0.571. The molecule has 0 saturated carbocycles. The van der Waals surface area contributed by atoms with Gasteiger partial charge in [0.25, 0.3) is 0 Å². The van der Waals surface area contributed by atoms with Gasteiger partial charge in [0.05, 0.1) is 0 Å². The van der Waals surface area contributed by atoms with Crippen molar-refractivity contribution in [3.63, 3.8) is 0 Å². The third-order valence-electron chi connectivity index (χ3n) is 3.08. The van der Waals surface area contributed by atoms with Crippen LogP contribution in [0.25, 0.3) is 0 Å². The number of rotatable bonds is 8. The number of nitrogens with zero attached hydrogens (tertiary/aromatic N) is 3. The molecule has 19 heavy (non-hydrogen) atoms. The molecule has 0 bridgehead atoms. The van der Waals surface area contributed by atoms with Crippen LogP contribution in [0.4, 0.5) is 0 Å². The maximum absolute atomic E-state index is 4.40. The first-order valence-electron chi connectivity index (χ1n) is 6.96. The molecule has 104 valence electrons. The van der Waals surface area contributed by atoms with Gasteiger partial charge in [-0.1, -0.05) is 19.9 Å². The van der Waals surface area contributed by atoms with Gasteiger partial charge in [0.1, 0.15) is 12.2 Å². The van der Waals surface area contributed by atoms with Crippen molar-refractivity contribution in [2.45, 2.75) is 45.7 Å². The Hall–Kier alpha value is -1.20. The van der Waals surface area contributed by atoms with E-state index in [1.807, 2.05) is 16.0 Å². The number of nitrogens with one attached hydrogen (secondary N) is 1. The minimum Gasteiger partial charge on any atom is -0.313 e. The standard InChI is InChI=1S/C14H22N4S/c1-3-7-18-14(16-11-17-18)10-12(15-4-2)9-13-6-5-8-19-13/h5-6,8,11-12,15H,3-4,7,9-10H2,1-2H3. The van der Waals surface area contributed by atoms with E-state index in [1.165, 1.54) is 4.88 Å². The van der Waals surface area contributed by atoms with E-state index in [-0.39, 0.29) is 0 Å². The van der Waals surface area contributed by atoms with Gasteiger partial charge in [-0.3, -0.25) is 4.68 Å². The molecule has 0 amide bonds. The summed E-state index contributed by atoms with van der Waals surface area (Å²) in [4.78, 5) is 5.83. The first-order chi connectivity index (χ1) is 9.33. The molecule has 2 rings (SSSR count). The molecule has 2 aromatic rings. The molecule has 0 spiro atoms. The fourth-order valence-electron chi connectivity index (χ4n) is 2.24. The molecule has 0 aliphatic carbocycles. The van der Waals surface area contributed by atoms with E-state index >= 15 is 0 Å². The SMILES string of the molecule is CCCn1ncnc1CC(Cc1cccs1)NCC. The van der Waals surface area contributed by atoms with Crippen LogP contribution in [0.15, 0.2) is 23.8 Å². The summed E-state index contributed by atoms with van der Waals surface area (Å²) in [5.74, 6) is 1.09. The molecule has 0 aliphatic rings. The predicted molar refractivity (Wildman–Crippen MR) is 79.5 cm³/mol. The Morgan fingerprint density at radius 1 is 1.37 bits per heavy atom. The van der Waals surface area contributed by atoms with Gasteiger partial charge in [-0.15, -0.1) is 11.3 Å². The first kappa shape index (κ1) is 14.2. The summed E-state index contributed by atoms with van der Waals surface area (Å²) in [5, 5.41) is 9.99. The van der Waals surface area contributed by atoms with Crippen LogP contribution in [0.1, 0.15) is 31.0 Å². The molecule has 0 fully saturated rings. The Balaban J connectivity index is 2.01. The van der Waals surface area contributed by atoms with Crippen molar-refractivity contribution < 1.29 is 0 Å². The third-order valence-corrected chi connectivity index (χ3v) is 3.98. The Kier molecular flexibility index (Phi) is 5.54. The van der Waals surface area contributed by atoms with Crippen LogP contribution in [-0.4, -0.2) is 27.4 Å². The number of hydrogen-bond donors (Lipinski definition) is 1. The maximum Gasteiger partial charge on any atom is 0.138 e. The van der Waals surface area contributed by atoms with Gasteiger partial charge < -0.3 is 5.32 Å². The number of thiophene rings is 1. The summed E-state index contributed by atoms with van der Waals surface area (Å²) < 4.78 is 2.03. The lowest BCUT2D eigenvalue weighted by atomic mass is 10.1. The predicted octanol–water partition coefficient (Wildman–Crippen LogP) is 2.51. The van der Waals surface area contributed by atoms with E-state index in [9.17, 15) is 0 Å². The van der Waals surface area contributed by atoms with Gasteiger partial charge in [-0.2, -0.15) is 5.10 Å². The molecule has 2 heterocycles. The highest BCUT2D eigenvalue weighted by Gasteiger charge is 2.14. The number of aryl methyl sites for hydroxylation is 1. The maximum atomic E-state index is 4.40. The summed E-state index contributed by atoms with van der Waals surface area (Å²) in [6.45, 7) is 6.25. The van der Waals surface area contributed by atoms with Crippen molar-refractivity contribution in [1.82, 2.24) is 20.1 Å². The molecule has 1 N–H and O–H groups in total. The van der Waals surface area contributed by atoms with Crippen molar-refractivity contribution in [3.05, 3.63) is 34.5 Å². The highest BCUT2D eigenvalue weighted by Crippen LogP contribution is 2.13. The first-order valence-corrected chi connectivity index (χ1v) is 7.83. The summed E-state index contributed by atoms with van der Waals surface area (Å²) in [5.41, 5.74) is 0. The largest absolute Gasteiger partial charge is 0.313 e. The van der Waals surface area contributed by atoms with Gasteiger partial charge in [-0.25, -0.2) is 4.98 Å². The van der Waals surface area contributed by atoms with Crippen LogP contribution in [-0.2, 0) is 19.4 Å². The van der Waals surface area contributed by atoms with Crippen LogP contribution in [0.5, 0.6) is 0 Å². The molecular weight excluding hydrogens is 256 g/mol. The fourth-order valence-corrected chi connectivity index (χ4v) is 3.03. The van der Waals surface area contributed by atoms with Crippen LogP contribution < -0.4 is 5.32 Å². The van der Waals surface area contributed by atoms with Gasteiger partial charge in [-0.05, 0) is 30.8 Å². The van der Waals surface area contributed by atoms with E-state index in [0.29, 0.717) is 6.04 Å². The second kappa shape index (κ2) is 7.40. The average molecular weight is 278 g/mol. The average Bonchev–Trinajstić information content (AvgIpc) is 3.03. The zero-order valence-corrected chi connectivity index (χ0v) is 12.5. The van der Waals surface area contributed by atoms with E-state index in [1.54, 1.807) is 6.33 Å². The molecule has 5 heteroatoms. The molecule has 0 aromatic carbocycles. The molecule has 1 atom stereocenters. The Morgan fingerprint density at radius 2 is 2.26 bits per heavy atom. The Labute approximate surface area is 118 Å². The minimum atomic E-state index is 0.434. The van der Waals surface area contributed by atoms with Crippen LogP contribution in [0, 0.1) is 0 Å². The van der Waals surface area contributed by atoms with Gasteiger partial charge in [0.2, 0.25) is 0 Å². The van der Waals surface area contributed by atoms with Crippen LogP contribution in [0.3, 0.4) is 0 Å². The summed E-state index contributed by atoms with van der Waals surface area (Å²) >= 11 is 1.82. The molecule has 1 unspecified atom stereocenters. The quantitative estimate of drug-likeness (QED) is 0.807. The molecule has 0 radical (unpaired) electrons. The van der Waals surface area contributed by atoms with Gasteiger partial charge in [0.15, 0.2) is 0 Å². The monoisotopic (exact) mass is 278 g/mol. The zero-order chi connectivity index (χ0) is 13.5. The number of aromatic nitrogens is 3. The highest BCUT2D eigenvalue weighted by molar-refractivity contribution is 7.09. The molecule has 0 aliphatic heterocycles. The smallest absolute Gasteiger partial charge is 0.138 e. The third kappa shape index (κ3) is 4.14. The van der Waals surface area contributed by atoms with Crippen LogP contribution in [0.2, 0.25) is 0 Å². The molecule has 0 saturated heterocycles. The van der Waals surface area contributed by atoms with Gasteiger partial charge >= 0.3 is 0 Å². The van der Waals surface area contributed by atoms with Crippen molar-refractivity contribution >= 4 is 11.3 Å². The molecule has 4 nitrogen and oxygen atoms in total. The number of likely N-dealkylation sites (N-methyl/N-ethyl adjacent to an activating group) is 1. The summed E-state index contributed by atoms with van der Waals surface area (Å²) in [7, 11) is 0. The van der Waals surface area contributed by atoms with Crippen molar-refractivity contribution in [3.8, 4) is 0 Å². The molecular formula is C14H22N4S. The Bertz CT molecular complexity index is 464. The van der Waals surface area contributed by atoms with E-state index in [2.05, 4.69) is 46.8 Å². The Morgan fingerprint density at radius 3 is 2.95 bits per heavy atom. The van der Waals surface area contributed by atoms with E-state index in [4.69, 9.17) is 0 Å². The second-order valence-corrected chi connectivity index (χ2v) is 5.67. The highest BCUT2D eigenvalue weighted by atomic mass is 32.1. The molecule has 2 aromatic heterocycles. The van der Waals surface area contributed by atoms with Gasteiger partial charge in [0, 0.05) is 23.9 Å². The topological polar surface area (TPSA) is 42.7 Å².